The highest BCUT2D eigenvalue weighted by molar-refractivity contribution is 6.32. The molecule has 29 heavy (non-hydrogen) atoms. The lowest BCUT2D eigenvalue weighted by Gasteiger charge is -2.11. The van der Waals surface area contributed by atoms with Crippen molar-refractivity contribution >= 4 is 25.0 Å². The molecule has 0 unspecified atom stereocenters. The summed E-state index contributed by atoms with van der Waals surface area (Å²) < 4.78 is 26.3. The van der Waals surface area contributed by atoms with Crippen molar-refractivity contribution in [2.24, 2.45) is 0 Å². The average Bonchev–Trinajstić information content (AvgIpc) is 2.74. The van der Waals surface area contributed by atoms with E-state index in [1.54, 1.807) is 12.1 Å². The molecule has 142 valence electrons. The number of hydrogen-bond donors (Lipinski definition) is 2. The Morgan fingerprint density at radius 3 is 2.48 bits per heavy atom. The second-order valence-corrected chi connectivity index (χ2v) is 6.09. The lowest BCUT2D eigenvalue weighted by Crippen LogP contribution is -2.26. The highest BCUT2D eigenvalue weighted by atomic mass is 19.2. The Balaban J connectivity index is 1.75. The van der Waals surface area contributed by atoms with Crippen LogP contribution in [0.5, 0.6) is 0 Å². The third-order valence-corrected chi connectivity index (χ3v) is 3.98. The molecule has 0 fully saturated rings. The molecule has 9 heteroatoms. The Morgan fingerprint density at radius 2 is 1.79 bits per heavy atom. The average molecular weight is 389 g/mol. The van der Waals surface area contributed by atoms with Crippen molar-refractivity contribution in [2.75, 3.05) is 5.32 Å². The molecule has 2 N–H and O–H groups in total. The number of carbonyl (C=O) groups excluding carboxylic acids is 1. The van der Waals surface area contributed by atoms with Crippen LogP contribution in [-0.4, -0.2) is 23.7 Å². The maximum Gasteiger partial charge on any atom is 0.274 e. The molecule has 0 saturated heterocycles. The minimum atomic E-state index is -1.01. The summed E-state index contributed by atoms with van der Waals surface area (Å²) in [6, 6.07) is 12.3. The van der Waals surface area contributed by atoms with Crippen molar-refractivity contribution in [1.29, 1.82) is 5.26 Å². The first kappa shape index (κ1) is 20.0. The number of hydrogen-bond acceptors (Lipinski definition) is 5. The van der Waals surface area contributed by atoms with E-state index in [0.717, 1.165) is 17.7 Å². The van der Waals surface area contributed by atoms with E-state index < -0.39 is 17.5 Å². The van der Waals surface area contributed by atoms with Gasteiger partial charge in [-0.2, -0.15) is 5.26 Å². The first-order valence-corrected chi connectivity index (χ1v) is 8.54. The molecule has 0 saturated carbocycles. The summed E-state index contributed by atoms with van der Waals surface area (Å²) >= 11 is 0. The van der Waals surface area contributed by atoms with Crippen LogP contribution in [0.15, 0.2) is 48.7 Å². The normalized spacial score (nSPS) is 10.2. The van der Waals surface area contributed by atoms with Gasteiger partial charge in [-0.15, -0.1) is 0 Å². The van der Waals surface area contributed by atoms with Crippen LogP contribution >= 0.6 is 0 Å². The SMILES string of the molecule is [B]c1ccc(CNc2ncc(C#N)nc2C(=O)NCc2ccc(F)c(F)c2)cc1. The topological polar surface area (TPSA) is 90.7 Å². The van der Waals surface area contributed by atoms with Crippen molar-refractivity contribution in [3.8, 4) is 6.07 Å². The molecule has 6 nitrogen and oxygen atoms in total. The molecule has 1 heterocycles. The van der Waals surface area contributed by atoms with E-state index in [2.05, 4.69) is 20.6 Å². The highest BCUT2D eigenvalue weighted by Crippen LogP contribution is 2.13. The maximum atomic E-state index is 13.3. The Bertz CT molecular complexity index is 1080. The van der Waals surface area contributed by atoms with Gasteiger partial charge < -0.3 is 10.6 Å². The number of benzene rings is 2. The van der Waals surface area contributed by atoms with Crippen LogP contribution in [0.25, 0.3) is 0 Å². The molecule has 3 rings (SSSR count). The summed E-state index contributed by atoms with van der Waals surface area (Å²) in [5, 5.41) is 14.6. The van der Waals surface area contributed by atoms with E-state index in [4.69, 9.17) is 13.1 Å². The van der Waals surface area contributed by atoms with Crippen molar-refractivity contribution in [3.63, 3.8) is 0 Å². The van der Waals surface area contributed by atoms with Crippen LogP contribution in [0.3, 0.4) is 0 Å². The van der Waals surface area contributed by atoms with E-state index in [0.29, 0.717) is 17.6 Å². The highest BCUT2D eigenvalue weighted by Gasteiger charge is 2.16. The monoisotopic (exact) mass is 389 g/mol. The third-order valence-electron chi connectivity index (χ3n) is 3.98. The fourth-order valence-corrected chi connectivity index (χ4v) is 2.47. The molecule has 0 atom stereocenters. The molecule has 2 radical (unpaired) electrons. The van der Waals surface area contributed by atoms with E-state index in [-0.39, 0.29) is 23.8 Å². The summed E-state index contributed by atoms with van der Waals surface area (Å²) in [5.41, 5.74) is 1.80. The molecular weight excluding hydrogens is 375 g/mol. The first-order valence-electron chi connectivity index (χ1n) is 8.54. The number of nitriles is 1. The van der Waals surface area contributed by atoms with Gasteiger partial charge in [-0.3, -0.25) is 4.79 Å². The van der Waals surface area contributed by atoms with E-state index >= 15 is 0 Å². The lowest BCUT2D eigenvalue weighted by molar-refractivity contribution is 0.0946. The van der Waals surface area contributed by atoms with Crippen LogP contribution in [0.1, 0.15) is 27.3 Å². The molecule has 1 amide bonds. The largest absolute Gasteiger partial charge is 0.364 e. The first-order chi connectivity index (χ1) is 14.0. The Labute approximate surface area is 167 Å². The summed E-state index contributed by atoms with van der Waals surface area (Å²) in [6.07, 6.45) is 1.25. The van der Waals surface area contributed by atoms with Gasteiger partial charge in [0.15, 0.2) is 28.8 Å². The predicted molar refractivity (Wildman–Crippen MR) is 103 cm³/mol. The second-order valence-electron chi connectivity index (χ2n) is 6.09. The number of aromatic nitrogens is 2. The molecule has 0 aliphatic rings. The fourth-order valence-electron chi connectivity index (χ4n) is 2.47. The van der Waals surface area contributed by atoms with Crippen molar-refractivity contribution < 1.29 is 13.6 Å². The van der Waals surface area contributed by atoms with Gasteiger partial charge in [0.25, 0.3) is 5.91 Å². The summed E-state index contributed by atoms with van der Waals surface area (Å²) in [4.78, 5) is 20.7. The van der Waals surface area contributed by atoms with Gasteiger partial charge in [-0.25, -0.2) is 18.7 Å². The number of nitrogens with one attached hydrogen (secondary N) is 2. The van der Waals surface area contributed by atoms with Gasteiger partial charge in [-0.05, 0) is 23.3 Å². The summed E-state index contributed by atoms with van der Waals surface area (Å²) in [7, 11) is 5.66. The standard InChI is InChI=1S/C20H14BF2N5O/c21-14-4-1-12(2-5-14)9-25-19-18(28-15(8-24)11-26-19)20(29)27-10-13-3-6-16(22)17(23)7-13/h1-7,11H,9-10H2,(H,25,26)(H,27,29). The van der Waals surface area contributed by atoms with Gasteiger partial charge >= 0.3 is 0 Å². The third kappa shape index (κ3) is 5.14. The van der Waals surface area contributed by atoms with Gasteiger partial charge in [0.1, 0.15) is 13.9 Å². The van der Waals surface area contributed by atoms with Crippen LogP contribution in [-0.2, 0) is 13.1 Å². The van der Waals surface area contributed by atoms with Crippen molar-refractivity contribution in [2.45, 2.75) is 13.1 Å². The van der Waals surface area contributed by atoms with Gasteiger partial charge in [-0.1, -0.05) is 35.8 Å². The zero-order valence-electron chi connectivity index (χ0n) is 15.1. The fraction of sp³-hybridized carbons (Fsp3) is 0.100. The van der Waals surface area contributed by atoms with Gasteiger partial charge in [0.05, 0.1) is 6.20 Å². The molecule has 3 aromatic rings. The number of nitrogens with zero attached hydrogens (tertiary/aromatic N) is 3. The van der Waals surface area contributed by atoms with Crippen LogP contribution < -0.4 is 16.1 Å². The maximum absolute atomic E-state index is 13.3. The lowest BCUT2D eigenvalue weighted by atomic mass is 9.95. The second kappa shape index (κ2) is 8.93. The molecule has 0 spiro atoms. The minimum Gasteiger partial charge on any atom is -0.364 e. The minimum absolute atomic E-state index is 0.0268. The van der Waals surface area contributed by atoms with E-state index in [9.17, 15) is 13.6 Å². The zero-order valence-corrected chi connectivity index (χ0v) is 15.1. The summed E-state index contributed by atoms with van der Waals surface area (Å²) in [6.45, 7) is 0.302. The van der Waals surface area contributed by atoms with Crippen molar-refractivity contribution in [3.05, 3.63) is 82.8 Å². The Morgan fingerprint density at radius 1 is 1.07 bits per heavy atom. The number of rotatable bonds is 6. The van der Waals surface area contributed by atoms with Crippen LogP contribution in [0.2, 0.25) is 0 Å². The molecule has 0 bridgehead atoms. The number of anilines is 1. The van der Waals surface area contributed by atoms with E-state index in [1.165, 1.54) is 12.3 Å². The molecule has 2 aromatic carbocycles. The number of amides is 1. The van der Waals surface area contributed by atoms with Crippen LogP contribution in [0.4, 0.5) is 14.6 Å². The molecular formula is C20H14BF2N5O. The molecule has 1 aromatic heterocycles. The number of carbonyl (C=O) groups is 1. The Hall–Kier alpha value is -3.80. The Kier molecular flexibility index (Phi) is 6.14. The molecule has 0 aliphatic heterocycles. The van der Waals surface area contributed by atoms with Crippen molar-refractivity contribution in [1.82, 2.24) is 15.3 Å². The number of halogens is 2. The summed E-state index contributed by atoms with van der Waals surface area (Å²) in [5.74, 6) is -2.40. The molecule has 0 aliphatic carbocycles. The van der Waals surface area contributed by atoms with Gasteiger partial charge in [0.2, 0.25) is 0 Å². The smallest absolute Gasteiger partial charge is 0.274 e. The quantitative estimate of drug-likeness (QED) is 0.629. The van der Waals surface area contributed by atoms with Gasteiger partial charge in [0, 0.05) is 13.1 Å². The predicted octanol–water partition coefficient (Wildman–Crippen LogP) is 1.96. The van der Waals surface area contributed by atoms with E-state index in [1.807, 2.05) is 18.2 Å². The van der Waals surface area contributed by atoms with Crippen LogP contribution in [0, 0.1) is 23.0 Å². The zero-order chi connectivity index (χ0) is 20.8.